The van der Waals surface area contributed by atoms with Gasteiger partial charge in [-0.2, -0.15) is 9.97 Å². The molecule has 3 aliphatic rings. The molecule has 11 heteroatoms. The Morgan fingerprint density at radius 1 is 1.10 bits per heavy atom. The van der Waals surface area contributed by atoms with Gasteiger partial charge in [0.15, 0.2) is 11.5 Å². The lowest BCUT2D eigenvalue weighted by Gasteiger charge is -2.47. The quantitative estimate of drug-likeness (QED) is 0.286. The summed E-state index contributed by atoms with van der Waals surface area (Å²) in [4.78, 5) is 32.3. The van der Waals surface area contributed by atoms with Crippen LogP contribution in [0.4, 0.5) is 14.6 Å². The highest BCUT2D eigenvalue weighted by atomic mass is 35.5. The van der Waals surface area contributed by atoms with E-state index in [-0.39, 0.29) is 30.7 Å². The number of aromatic nitrogens is 3. The average molecular weight is 591 g/mol. The summed E-state index contributed by atoms with van der Waals surface area (Å²) in [5.74, 6) is -0.969. The van der Waals surface area contributed by atoms with Gasteiger partial charge in [0.25, 0.3) is 5.91 Å². The number of hydrogen-bond acceptors (Lipinski definition) is 7. The number of carbonyl (C=O) groups is 1. The van der Waals surface area contributed by atoms with E-state index in [9.17, 15) is 13.6 Å². The third kappa shape index (κ3) is 4.53. The van der Waals surface area contributed by atoms with Crippen LogP contribution in [0.3, 0.4) is 0 Å². The van der Waals surface area contributed by atoms with Gasteiger partial charge in [-0.05, 0) is 43.5 Å². The highest BCUT2D eigenvalue weighted by molar-refractivity contribution is 6.36. The minimum Gasteiger partial charge on any atom is -0.462 e. The van der Waals surface area contributed by atoms with Crippen molar-refractivity contribution in [2.24, 2.45) is 0 Å². The van der Waals surface area contributed by atoms with Gasteiger partial charge in [0.2, 0.25) is 0 Å². The van der Waals surface area contributed by atoms with Crippen LogP contribution in [0.15, 0.2) is 60.9 Å². The second-order valence-corrected chi connectivity index (χ2v) is 11.7. The smallest absolute Gasteiger partial charge is 0.320 e. The van der Waals surface area contributed by atoms with Gasteiger partial charge < -0.3 is 14.5 Å². The van der Waals surface area contributed by atoms with Crippen molar-refractivity contribution in [2.75, 3.05) is 38.2 Å². The molecule has 2 aromatic carbocycles. The van der Waals surface area contributed by atoms with Crippen LogP contribution in [0.1, 0.15) is 12.8 Å². The van der Waals surface area contributed by atoms with E-state index in [0.717, 1.165) is 21.7 Å². The molecule has 0 bridgehead atoms. The minimum atomic E-state index is -0.949. The molecule has 42 heavy (non-hydrogen) atoms. The van der Waals surface area contributed by atoms with Crippen LogP contribution in [-0.4, -0.2) is 88.2 Å². The van der Waals surface area contributed by atoms with Crippen molar-refractivity contribution in [3.63, 3.8) is 0 Å². The normalized spacial score (nSPS) is 23.8. The lowest BCUT2D eigenvalue weighted by atomic mass is 9.96. The molecule has 2 aromatic heterocycles. The number of nitrogens with zero attached hydrogens (tertiary/aromatic N) is 6. The Bertz CT molecular complexity index is 1730. The maximum absolute atomic E-state index is 14.0. The summed E-state index contributed by atoms with van der Waals surface area (Å²) in [6.45, 7) is 4.73. The Morgan fingerprint density at radius 3 is 2.67 bits per heavy atom. The van der Waals surface area contributed by atoms with Crippen molar-refractivity contribution in [2.45, 2.75) is 37.1 Å². The topological polar surface area (TPSA) is 74.7 Å². The van der Waals surface area contributed by atoms with Crippen molar-refractivity contribution in [1.82, 2.24) is 24.8 Å². The largest absolute Gasteiger partial charge is 0.462 e. The van der Waals surface area contributed by atoms with E-state index in [0.29, 0.717) is 54.7 Å². The van der Waals surface area contributed by atoms with Crippen molar-refractivity contribution in [1.29, 1.82) is 0 Å². The van der Waals surface area contributed by atoms with Crippen LogP contribution in [0.5, 0.6) is 6.01 Å². The number of alkyl halides is 1. The Morgan fingerprint density at radius 2 is 1.90 bits per heavy atom. The molecule has 5 heterocycles. The van der Waals surface area contributed by atoms with E-state index >= 15 is 0 Å². The third-order valence-corrected chi connectivity index (χ3v) is 9.07. The first-order valence-corrected chi connectivity index (χ1v) is 14.4. The number of amides is 1. The fourth-order valence-corrected chi connectivity index (χ4v) is 6.85. The lowest BCUT2D eigenvalue weighted by molar-refractivity contribution is -0.130. The molecule has 4 aromatic rings. The molecule has 0 radical (unpaired) electrons. The van der Waals surface area contributed by atoms with Crippen LogP contribution in [-0.2, 0) is 4.79 Å². The maximum atomic E-state index is 14.0. The molecule has 8 nitrogen and oxygen atoms in total. The predicted molar refractivity (Wildman–Crippen MR) is 158 cm³/mol. The average Bonchev–Trinajstić information content (AvgIpc) is 3.47. The summed E-state index contributed by atoms with van der Waals surface area (Å²) in [6.07, 6.45) is 0.177. The zero-order valence-corrected chi connectivity index (χ0v) is 23.8. The predicted octanol–water partition coefficient (Wildman–Crippen LogP) is 5.19. The molecule has 1 amide bonds. The number of carbonyl (C=O) groups excluding carboxylic acids is 1. The number of hydrogen-bond donors (Lipinski definition) is 0. The standard InChI is InChI=1S/C31H29ClF2N6O2/c1-17(33)30(41)39-12-11-25-26(39)15-40(25)29-22-9-10-24(21-7-3-5-18-6-4-8-23(32)27(18)21)35-28(22)36-31(37-29)42-16-20-13-19(34)14-38(20)2/h3-10,19-20,25-26H,1,11-16H2,2H3/t19-,20+,25-,26-/m1/s1. The van der Waals surface area contributed by atoms with E-state index < -0.39 is 17.9 Å². The van der Waals surface area contributed by atoms with Crippen molar-refractivity contribution < 1.29 is 18.3 Å². The zero-order chi connectivity index (χ0) is 29.1. The molecule has 3 aliphatic heterocycles. The molecular weight excluding hydrogens is 562 g/mol. The maximum Gasteiger partial charge on any atom is 0.320 e. The summed E-state index contributed by atoms with van der Waals surface area (Å²) in [6, 6.07) is 15.5. The van der Waals surface area contributed by atoms with E-state index in [1.807, 2.05) is 60.5 Å². The number of anilines is 1. The zero-order valence-electron chi connectivity index (χ0n) is 23.0. The van der Waals surface area contributed by atoms with Crippen LogP contribution >= 0.6 is 11.6 Å². The van der Waals surface area contributed by atoms with Gasteiger partial charge in [0.1, 0.15) is 18.6 Å². The highest BCUT2D eigenvalue weighted by Crippen LogP contribution is 2.40. The summed E-state index contributed by atoms with van der Waals surface area (Å²) >= 11 is 6.61. The Balaban J connectivity index is 1.27. The fraction of sp³-hybridized carbons (Fsp3) is 0.355. The van der Waals surface area contributed by atoms with E-state index in [2.05, 4.69) is 16.5 Å². The summed E-state index contributed by atoms with van der Waals surface area (Å²) in [5.41, 5.74) is 2.03. The van der Waals surface area contributed by atoms with Crippen LogP contribution in [0.2, 0.25) is 5.02 Å². The van der Waals surface area contributed by atoms with E-state index in [1.54, 1.807) is 4.90 Å². The van der Waals surface area contributed by atoms with Gasteiger partial charge in [-0.1, -0.05) is 48.5 Å². The second kappa shape index (κ2) is 10.4. The number of likely N-dealkylation sites (N-methyl/N-ethyl adjacent to an activating group) is 1. The number of likely N-dealkylation sites (tertiary alicyclic amines) is 2. The van der Waals surface area contributed by atoms with Crippen LogP contribution in [0, 0.1) is 0 Å². The Labute approximate surface area is 246 Å². The Kier molecular flexibility index (Phi) is 6.70. The van der Waals surface area contributed by atoms with Crippen LogP contribution in [0.25, 0.3) is 33.1 Å². The number of ether oxygens (including phenoxy) is 1. The minimum absolute atomic E-state index is 0.0240. The summed E-state index contributed by atoms with van der Waals surface area (Å²) in [7, 11) is 1.88. The number of fused-ring (bicyclic) bond motifs is 3. The summed E-state index contributed by atoms with van der Waals surface area (Å²) < 4.78 is 33.7. The molecular formula is C31H29ClF2N6O2. The molecule has 7 rings (SSSR count). The highest BCUT2D eigenvalue weighted by Gasteiger charge is 2.50. The van der Waals surface area contributed by atoms with Gasteiger partial charge in [-0.3, -0.25) is 9.69 Å². The van der Waals surface area contributed by atoms with E-state index in [4.69, 9.17) is 26.3 Å². The first kappa shape index (κ1) is 27.0. The number of pyridine rings is 1. The summed E-state index contributed by atoms with van der Waals surface area (Å²) in [5, 5.41) is 3.27. The first-order chi connectivity index (χ1) is 20.3. The lowest BCUT2D eigenvalue weighted by Crippen LogP contribution is -2.63. The van der Waals surface area contributed by atoms with E-state index in [1.165, 1.54) is 0 Å². The molecule has 3 saturated heterocycles. The molecule has 0 N–H and O–H groups in total. The number of halogens is 3. The fourth-order valence-electron chi connectivity index (χ4n) is 6.57. The molecule has 0 unspecified atom stereocenters. The number of benzene rings is 2. The van der Waals surface area contributed by atoms with Crippen molar-refractivity contribution in [3.8, 4) is 17.3 Å². The van der Waals surface area contributed by atoms with Gasteiger partial charge in [0.05, 0.1) is 23.2 Å². The second-order valence-electron chi connectivity index (χ2n) is 11.3. The van der Waals surface area contributed by atoms with Gasteiger partial charge in [-0.25, -0.2) is 13.8 Å². The van der Waals surface area contributed by atoms with Gasteiger partial charge in [0, 0.05) is 41.6 Å². The molecule has 3 fully saturated rings. The van der Waals surface area contributed by atoms with Gasteiger partial charge in [-0.15, -0.1) is 0 Å². The third-order valence-electron chi connectivity index (χ3n) is 8.75. The molecule has 4 atom stereocenters. The number of rotatable bonds is 6. The van der Waals surface area contributed by atoms with Crippen molar-refractivity contribution in [3.05, 3.63) is 66.0 Å². The molecule has 0 spiro atoms. The van der Waals surface area contributed by atoms with Crippen LogP contribution < -0.4 is 9.64 Å². The monoisotopic (exact) mass is 590 g/mol. The molecule has 0 aliphatic carbocycles. The molecule has 0 saturated carbocycles. The Hall–Kier alpha value is -3.89. The molecule has 216 valence electrons. The van der Waals surface area contributed by atoms with Gasteiger partial charge >= 0.3 is 6.01 Å². The SMILES string of the molecule is C=C(F)C(=O)N1CC[C@@H]2[C@H]1CN2c1nc(OC[C@@H]2C[C@@H](F)CN2C)nc2nc(-c3cccc4cccc(Cl)c34)ccc12. The first-order valence-electron chi connectivity index (χ1n) is 14.0. The van der Waals surface area contributed by atoms with Crippen molar-refractivity contribution >= 4 is 45.1 Å².